The van der Waals surface area contributed by atoms with Crippen LogP contribution in [-0.4, -0.2) is 39.7 Å². The van der Waals surface area contributed by atoms with Gasteiger partial charge in [0.15, 0.2) is 0 Å². The van der Waals surface area contributed by atoms with E-state index in [9.17, 15) is 14.0 Å². The monoisotopic (exact) mass is 270 g/mol. The molecule has 0 aromatic heterocycles. The number of rotatable bonds is 2. The molecule has 1 aliphatic heterocycles. The Morgan fingerprint density at radius 2 is 2.06 bits per heavy atom. The number of carbonyl (C=O) groups is 2. The van der Waals surface area contributed by atoms with Gasteiger partial charge in [0.05, 0.1) is 5.88 Å². The topological polar surface area (TPSA) is 69.6 Å². The Bertz CT molecular complexity index is 466. The van der Waals surface area contributed by atoms with Gasteiger partial charge in [-0.3, -0.25) is 0 Å². The van der Waals surface area contributed by atoms with Crippen LogP contribution >= 0.6 is 11.8 Å². The lowest BCUT2D eigenvalue weighted by atomic mass is 10.3. The maximum absolute atomic E-state index is 12.7. The fourth-order valence-corrected chi connectivity index (χ4v) is 2.72. The summed E-state index contributed by atoms with van der Waals surface area (Å²) in [6, 6.07) is 4.00. The van der Waals surface area contributed by atoms with Crippen molar-refractivity contribution >= 4 is 29.4 Å². The van der Waals surface area contributed by atoms with Crippen LogP contribution in [0.1, 0.15) is 0 Å². The molecule has 1 heterocycles. The number of thioether (sulfide) groups is 1. The van der Waals surface area contributed by atoms with Crippen molar-refractivity contribution in [1.82, 2.24) is 4.90 Å². The van der Waals surface area contributed by atoms with Gasteiger partial charge in [0, 0.05) is 11.4 Å². The third-order valence-corrected chi connectivity index (χ3v) is 3.54. The predicted molar refractivity (Wildman–Crippen MR) is 66.0 cm³/mol. The highest BCUT2D eigenvalue weighted by Gasteiger charge is 2.34. The van der Waals surface area contributed by atoms with Crippen LogP contribution in [0.25, 0.3) is 0 Å². The number of amides is 2. The summed E-state index contributed by atoms with van der Waals surface area (Å²) in [6.45, 7) is 0. The molecule has 2 N–H and O–H groups in total. The molecule has 5 nitrogen and oxygen atoms in total. The standard InChI is InChI=1S/C11H11FN2O3S/c12-7-1-3-8(4-2-7)13-11(17)14-6-18-5-9(14)10(15)16/h1-4,9H,5-6H2,(H,13,17)(H,15,16). The van der Waals surface area contributed by atoms with Crippen LogP contribution in [-0.2, 0) is 4.79 Å². The van der Waals surface area contributed by atoms with Crippen molar-refractivity contribution in [2.75, 3.05) is 16.9 Å². The second-order valence-corrected chi connectivity index (χ2v) is 4.76. The van der Waals surface area contributed by atoms with Crippen LogP contribution in [0.5, 0.6) is 0 Å². The second-order valence-electron chi connectivity index (χ2n) is 3.76. The number of urea groups is 1. The molecule has 2 rings (SSSR count). The number of carboxylic acids is 1. The van der Waals surface area contributed by atoms with E-state index < -0.39 is 23.9 Å². The van der Waals surface area contributed by atoms with E-state index >= 15 is 0 Å². The first-order chi connectivity index (χ1) is 8.58. The van der Waals surface area contributed by atoms with Crippen LogP contribution < -0.4 is 5.32 Å². The van der Waals surface area contributed by atoms with Gasteiger partial charge < -0.3 is 15.3 Å². The van der Waals surface area contributed by atoms with E-state index in [-0.39, 0.29) is 0 Å². The number of hydrogen-bond acceptors (Lipinski definition) is 3. The first-order valence-electron chi connectivity index (χ1n) is 5.21. The zero-order valence-electron chi connectivity index (χ0n) is 9.30. The molecular weight excluding hydrogens is 259 g/mol. The van der Waals surface area contributed by atoms with Gasteiger partial charge in [-0.05, 0) is 24.3 Å². The predicted octanol–water partition coefficient (Wildman–Crippen LogP) is 1.82. The third kappa shape index (κ3) is 2.73. The van der Waals surface area contributed by atoms with E-state index in [0.29, 0.717) is 17.3 Å². The first-order valence-corrected chi connectivity index (χ1v) is 6.37. The number of nitrogens with one attached hydrogen (secondary N) is 1. The highest BCUT2D eigenvalue weighted by Crippen LogP contribution is 2.22. The highest BCUT2D eigenvalue weighted by atomic mass is 32.2. The molecular formula is C11H11FN2O3S. The van der Waals surface area contributed by atoms with Gasteiger partial charge in [-0.1, -0.05) is 0 Å². The quantitative estimate of drug-likeness (QED) is 0.860. The summed E-state index contributed by atoms with van der Waals surface area (Å²) in [6.07, 6.45) is 0. The fourth-order valence-electron chi connectivity index (χ4n) is 1.58. The van der Waals surface area contributed by atoms with Crippen LogP contribution in [0.3, 0.4) is 0 Å². The molecule has 0 spiro atoms. The minimum absolute atomic E-state index is 0.337. The van der Waals surface area contributed by atoms with E-state index in [1.54, 1.807) is 0 Å². The molecule has 18 heavy (non-hydrogen) atoms. The lowest BCUT2D eigenvalue weighted by Crippen LogP contribution is -2.43. The molecule has 2 amide bonds. The van der Waals surface area contributed by atoms with Gasteiger partial charge in [0.1, 0.15) is 11.9 Å². The lowest BCUT2D eigenvalue weighted by molar-refractivity contribution is -0.140. The smallest absolute Gasteiger partial charge is 0.327 e. The Kier molecular flexibility index (Phi) is 3.71. The van der Waals surface area contributed by atoms with Gasteiger partial charge in [-0.15, -0.1) is 11.8 Å². The van der Waals surface area contributed by atoms with Crippen molar-refractivity contribution < 1.29 is 19.1 Å². The number of aliphatic carboxylic acids is 1. The molecule has 1 saturated heterocycles. The van der Waals surface area contributed by atoms with Gasteiger partial charge in [-0.2, -0.15) is 0 Å². The van der Waals surface area contributed by atoms with E-state index in [2.05, 4.69) is 5.32 Å². The molecule has 1 aliphatic rings. The minimum Gasteiger partial charge on any atom is -0.480 e. The Hall–Kier alpha value is -1.76. The Morgan fingerprint density at radius 3 is 2.67 bits per heavy atom. The summed E-state index contributed by atoms with van der Waals surface area (Å²) in [5.74, 6) is -0.696. The molecule has 1 fully saturated rings. The number of carboxylic acid groups (broad SMARTS) is 1. The molecule has 1 unspecified atom stereocenters. The first kappa shape index (κ1) is 12.7. The molecule has 1 aromatic rings. The molecule has 0 saturated carbocycles. The molecule has 0 aliphatic carbocycles. The highest BCUT2D eigenvalue weighted by molar-refractivity contribution is 7.99. The number of benzene rings is 1. The number of anilines is 1. The van der Waals surface area contributed by atoms with Gasteiger partial charge in [-0.25, -0.2) is 14.0 Å². The molecule has 7 heteroatoms. The van der Waals surface area contributed by atoms with Crippen molar-refractivity contribution in [3.63, 3.8) is 0 Å². The number of hydrogen-bond donors (Lipinski definition) is 2. The van der Waals surface area contributed by atoms with Crippen LogP contribution in [0.15, 0.2) is 24.3 Å². The summed E-state index contributed by atoms with van der Waals surface area (Å²) in [7, 11) is 0. The lowest BCUT2D eigenvalue weighted by Gasteiger charge is -2.20. The normalized spacial score (nSPS) is 18.7. The minimum atomic E-state index is -1.02. The largest absolute Gasteiger partial charge is 0.480 e. The Labute approximate surface area is 107 Å². The maximum atomic E-state index is 12.7. The van der Waals surface area contributed by atoms with Crippen molar-refractivity contribution in [2.45, 2.75) is 6.04 Å². The van der Waals surface area contributed by atoms with E-state index in [0.717, 1.165) is 0 Å². The summed E-state index contributed by atoms with van der Waals surface area (Å²) in [5, 5.41) is 11.5. The van der Waals surface area contributed by atoms with Crippen LogP contribution in [0, 0.1) is 5.82 Å². The molecule has 96 valence electrons. The van der Waals surface area contributed by atoms with Gasteiger partial charge >= 0.3 is 12.0 Å². The Balaban J connectivity index is 2.03. The molecule has 1 atom stereocenters. The second kappa shape index (κ2) is 5.26. The van der Waals surface area contributed by atoms with E-state index in [1.807, 2.05) is 0 Å². The average Bonchev–Trinajstić information content (AvgIpc) is 2.81. The summed E-state index contributed by atoms with van der Waals surface area (Å²) < 4.78 is 12.7. The van der Waals surface area contributed by atoms with Crippen molar-refractivity contribution in [2.24, 2.45) is 0 Å². The van der Waals surface area contributed by atoms with Gasteiger partial charge in [0.25, 0.3) is 0 Å². The SMILES string of the molecule is O=C(O)C1CSCN1C(=O)Nc1ccc(F)cc1. The van der Waals surface area contributed by atoms with Crippen molar-refractivity contribution in [3.05, 3.63) is 30.1 Å². The van der Waals surface area contributed by atoms with Crippen LogP contribution in [0.4, 0.5) is 14.9 Å². The van der Waals surface area contributed by atoms with Crippen molar-refractivity contribution in [1.29, 1.82) is 0 Å². The molecule has 0 bridgehead atoms. The van der Waals surface area contributed by atoms with Gasteiger partial charge in [0.2, 0.25) is 0 Å². The average molecular weight is 270 g/mol. The summed E-state index contributed by atoms with van der Waals surface area (Å²) in [4.78, 5) is 24.0. The van der Waals surface area contributed by atoms with E-state index in [4.69, 9.17) is 5.11 Å². The molecule has 1 aromatic carbocycles. The number of carbonyl (C=O) groups excluding carboxylic acids is 1. The Morgan fingerprint density at radius 1 is 1.39 bits per heavy atom. The molecule has 0 radical (unpaired) electrons. The summed E-state index contributed by atoms with van der Waals surface area (Å²) in [5.41, 5.74) is 0.433. The number of halogens is 1. The van der Waals surface area contributed by atoms with Crippen LogP contribution in [0.2, 0.25) is 0 Å². The number of nitrogens with zero attached hydrogens (tertiary/aromatic N) is 1. The van der Waals surface area contributed by atoms with E-state index in [1.165, 1.54) is 40.9 Å². The maximum Gasteiger partial charge on any atom is 0.327 e. The zero-order chi connectivity index (χ0) is 13.1. The third-order valence-electron chi connectivity index (χ3n) is 2.52. The van der Waals surface area contributed by atoms with Crippen molar-refractivity contribution in [3.8, 4) is 0 Å². The fraction of sp³-hybridized carbons (Fsp3) is 0.273. The zero-order valence-corrected chi connectivity index (χ0v) is 10.1. The summed E-state index contributed by atoms with van der Waals surface area (Å²) >= 11 is 1.38.